The number of thioether (sulfide) groups is 1. The first-order valence-electron chi connectivity index (χ1n) is 11.9. The van der Waals surface area contributed by atoms with E-state index in [0.29, 0.717) is 22.1 Å². The van der Waals surface area contributed by atoms with Gasteiger partial charge in [0.25, 0.3) is 5.56 Å². The van der Waals surface area contributed by atoms with Crippen LogP contribution < -0.4 is 5.56 Å². The number of ketones is 1. The predicted octanol–water partition coefficient (Wildman–Crippen LogP) is 4.56. The Hall–Kier alpha value is -3.46. The first-order chi connectivity index (χ1) is 17.0. The number of nitrogens with zero attached hydrogens (tertiary/aromatic N) is 6. The molecule has 0 fully saturated rings. The quantitative estimate of drug-likeness (QED) is 0.174. The Morgan fingerprint density at radius 3 is 2.46 bits per heavy atom. The van der Waals surface area contributed by atoms with Crippen molar-refractivity contribution >= 4 is 17.5 Å². The zero-order chi connectivity index (χ0) is 24.8. The van der Waals surface area contributed by atoms with E-state index in [2.05, 4.69) is 22.4 Å². The molecule has 0 saturated carbocycles. The van der Waals surface area contributed by atoms with Crippen molar-refractivity contribution < 1.29 is 4.79 Å². The molecular weight excluding hydrogens is 460 g/mol. The Morgan fingerprint density at radius 1 is 1.00 bits per heavy atom. The van der Waals surface area contributed by atoms with Crippen molar-refractivity contribution in [1.29, 1.82) is 0 Å². The molecule has 0 radical (unpaired) electrons. The number of hydrogen-bond acceptors (Lipinski definition) is 6. The molecule has 0 unspecified atom stereocenters. The van der Waals surface area contributed by atoms with Gasteiger partial charge in [0.15, 0.2) is 11.5 Å². The van der Waals surface area contributed by atoms with Gasteiger partial charge in [0.1, 0.15) is 0 Å². The van der Waals surface area contributed by atoms with Crippen LogP contribution in [0.5, 0.6) is 0 Å². The Labute approximate surface area is 208 Å². The fraction of sp³-hybridized carbons (Fsp3) is 0.346. The molecule has 0 N–H and O–H groups in total. The van der Waals surface area contributed by atoms with Gasteiger partial charge in [0, 0.05) is 12.6 Å². The van der Waals surface area contributed by atoms with Crippen LogP contribution in [0.2, 0.25) is 0 Å². The van der Waals surface area contributed by atoms with Gasteiger partial charge < -0.3 is 0 Å². The number of rotatable bonds is 11. The third-order valence-electron chi connectivity index (χ3n) is 6.10. The summed E-state index contributed by atoms with van der Waals surface area (Å²) in [6, 6.07) is 17.3. The molecule has 0 amide bonds. The molecule has 8 nitrogen and oxygen atoms in total. The molecule has 0 bridgehead atoms. The second-order valence-electron chi connectivity index (χ2n) is 8.50. The first-order valence-corrected chi connectivity index (χ1v) is 12.9. The van der Waals surface area contributed by atoms with Crippen LogP contribution in [0.3, 0.4) is 0 Å². The summed E-state index contributed by atoms with van der Waals surface area (Å²) in [5.74, 6) is 0.170. The molecule has 2 heterocycles. The van der Waals surface area contributed by atoms with Gasteiger partial charge in [-0.2, -0.15) is 4.68 Å². The number of carbonyl (C=O) groups is 1. The fourth-order valence-electron chi connectivity index (χ4n) is 4.03. The molecule has 0 aliphatic heterocycles. The number of aryl methyl sites for hydroxylation is 1. The third-order valence-corrected chi connectivity index (χ3v) is 7.02. The second kappa shape index (κ2) is 11.3. The van der Waals surface area contributed by atoms with Gasteiger partial charge in [-0.25, -0.2) is 4.68 Å². The minimum absolute atomic E-state index is 0.00596. The summed E-state index contributed by atoms with van der Waals surface area (Å²) in [6.45, 7) is 4.06. The van der Waals surface area contributed by atoms with E-state index in [1.54, 1.807) is 9.36 Å². The van der Waals surface area contributed by atoms with Crippen molar-refractivity contribution in [2.75, 3.05) is 5.75 Å². The van der Waals surface area contributed by atoms with Crippen molar-refractivity contribution in [2.45, 2.75) is 51.1 Å². The van der Waals surface area contributed by atoms with Gasteiger partial charge in [0.2, 0.25) is 5.16 Å². The van der Waals surface area contributed by atoms with Gasteiger partial charge in [-0.3, -0.25) is 14.3 Å². The fourth-order valence-corrected chi connectivity index (χ4v) is 4.81. The van der Waals surface area contributed by atoms with Crippen molar-refractivity contribution in [1.82, 2.24) is 29.6 Å². The van der Waals surface area contributed by atoms with Crippen LogP contribution in [0.1, 0.15) is 54.2 Å². The summed E-state index contributed by atoms with van der Waals surface area (Å²) < 4.78 is 4.78. The highest BCUT2D eigenvalue weighted by Gasteiger charge is 2.22. The summed E-state index contributed by atoms with van der Waals surface area (Å²) in [6.07, 6.45) is 5.93. The van der Waals surface area contributed by atoms with Crippen LogP contribution in [0.15, 0.2) is 64.5 Å². The standard InChI is InChI=1S/C26H30N6O2S/c1-4-5-6-8-11-20-14-16-21(17-15-20)23(33)18-35-26-27-28-29-31(26)24-19(2)30(3)32(25(24)34)22-12-9-7-10-13-22/h7,9-10,12-17H,4-6,8,11,18H2,1-3H3. The molecule has 0 spiro atoms. The normalized spacial score (nSPS) is 11.2. The largest absolute Gasteiger partial charge is 0.297 e. The van der Waals surface area contributed by atoms with Gasteiger partial charge in [-0.1, -0.05) is 80.4 Å². The van der Waals surface area contributed by atoms with Gasteiger partial charge in [0.05, 0.1) is 17.1 Å². The van der Waals surface area contributed by atoms with Crippen LogP contribution in [0.25, 0.3) is 11.4 Å². The smallest absolute Gasteiger partial charge is 0.293 e. The lowest BCUT2D eigenvalue weighted by Gasteiger charge is -2.07. The van der Waals surface area contributed by atoms with E-state index in [0.717, 1.165) is 12.1 Å². The van der Waals surface area contributed by atoms with Crippen LogP contribution in [0, 0.1) is 6.92 Å². The molecule has 182 valence electrons. The summed E-state index contributed by atoms with van der Waals surface area (Å²) in [5.41, 5.74) is 3.52. The lowest BCUT2D eigenvalue weighted by atomic mass is 10.0. The molecule has 0 saturated heterocycles. The number of unbranched alkanes of at least 4 members (excludes halogenated alkanes) is 3. The molecule has 35 heavy (non-hydrogen) atoms. The van der Waals surface area contributed by atoms with E-state index in [9.17, 15) is 9.59 Å². The van der Waals surface area contributed by atoms with E-state index < -0.39 is 0 Å². The maximum Gasteiger partial charge on any atom is 0.297 e. The van der Waals surface area contributed by atoms with Crippen LogP contribution in [0.4, 0.5) is 0 Å². The Morgan fingerprint density at radius 2 is 1.74 bits per heavy atom. The highest BCUT2D eigenvalue weighted by Crippen LogP contribution is 2.21. The van der Waals surface area contributed by atoms with Crippen LogP contribution >= 0.6 is 11.8 Å². The molecule has 4 rings (SSSR count). The highest BCUT2D eigenvalue weighted by molar-refractivity contribution is 7.99. The second-order valence-corrected chi connectivity index (χ2v) is 9.45. The van der Waals surface area contributed by atoms with E-state index in [4.69, 9.17) is 0 Å². The maximum absolute atomic E-state index is 13.3. The molecular formula is C26H30N6O2S. The van der Waals surface area contributed by atoms with Gasteiger partial charge in [-0.15, -0.1) is 5.10 Å². The van der Waals surface area contributed by atoms with Crippen LogP contribution in [-0.4, -0.2) is 41.1 Å². The van der Waals surface area contributed by atoms with Crippen LogP contribution in [-0.2, 0) is 13.5 Å². The zero-order valence-electron chi connectivity index (χ0n) is 20.3. The molecule has 0 aliphatic rings. The van der Waals surface area contributed by atoms with Crippen molar-refractivity contribution in [3.8, 4) is 11.4 Å². The maximum atomic E-state index is 13.3. The first kappa shape index (κ1) is 24.7. The highest BCUT2D eigenvalue weighted by atomic mass is 32.2. The topological polar surface area (TPSA) is 87.6 Å². The number of benzene rings is 2. The molecule has 0 atom stereocenters. The molecule has 9 heteroatoms. The van der Waals surface area contributed by atoms with E-state index in [1.165, 1.54) is 47.7 Å². The Kier molecular flexibility index (Phi) is 7.97. The average molecular weight is 491 g/mol. The summed E-state index contributed by atoms with van der Waals surface area (Å²) in [7, 11) is 1.82. The minimum Gasteiger partial charge on any atom is -0.293 e. The molecule has 0 aliphatic carbocycles. The molecule has 4 aromatic rings. The number of hydrogen-bond donors (Lipinski definition) is 0. The van der Waals surface area contributed by atoms with Crippen molar-refractivity contribution in [3.63, 3.8) is 0 Å². The third kappa shape index (κ3) is 5.45. The number of carbonyl (C=O) groups excluding carboxylic acids is 1. The minimum atomic E-state index is -0.230. The van der Waals surface area contributed by atoms with Crippen molar-refractivity contribution in [2.24, 2.45) is 7.05 Å². The van der Waals surface area contributed by atoms with E-state index >= 15 is 0 Å². The average Bonchev–Trinajstić information content (AvgIpc) is 3.42. The molecule has 2 aromatic carbocycles. The SMILES string of the molecule is CCCCCCc1ccc(C(=O)CSc2nnnn2-c2c(C)n(C)n(-c3ccccc3)c2=O)cc1. The summed E-state index contributed by atoms with van der Waals surface area (Å²) in [4.78, 5) is 26.1. The summed E-state index contributed by atoms with van der Waals surface area (Å²) >= 11 is 1.22. The lowest BCUT2D eigenvalue weighted by molar-refractivity contribution is 0.102. The van der Waals surface area contributed by atoms with E-state index in [1.807, 2.05) is 68.6 Å². The monoisotopic (exact) mass is 490 g/mol. The number of Topliss-reactive ketones (excluding diaryl/α,β-unsaturated/α-hetero) is 1. The Bertz CT molecular complexity index is 1340. The lowest BCUT2D eigenvalue weighted by Crippen LogP contribution is -2.22. The number of tetrazole rings is 1. The Balaban J connectivity index is 1.47. The zero-order valence-corrected chi connectivity index (χ0v) is 21.2. The summed E-state index contributed by atoms with van der Waals surface area (Å²) in [5, 5.41) is 12.3. The van der Waals surface area contributed by atoms with Gasteiger partial charge in [-0.05, 0) is 47.9 Å². The van der Waals surface area contributed by atoms with Crippen molar-refractivity contribution in [3.05, 3.63) is 81.8 Å². The molecule has 2 aromatic heterocycles. The van der Waals surface area contributed by atoms with Gasteiger partial charge >= 0.3 is 0 Å². The number of aromatic nitrogens is 6. The predicted molar refractivity (Wildman–Crippen MR) is 138 cm³/mol. The van der Waals surface area contributed by atoms with E-state index in [-0.39, 0.29) is 17.1 Å². The number of para-hydroxylation sites is 1.